The topological polar surface area (TPSA) is 119 Å². The van der Waals surface area contributed by atoms with Crippen molar-refractivity contribution in [1.29, 1.82) is 0 Å². The highest BCUT2D eigenvalue weighted by Crippen LogP contribution is 2.44. The molecule has 0 fully saturated rings. The van der Waals surface area contributed by atoms with E-state index in [-0.39, 0.29) is 27.9 Å². The number of rotatable bonds is 8. The number of hydrogen-bond acceptors (Lipinski definition) is 9. The van der Waals surface area contributed by atoms with Crippen molar-refractivity contribution in [3.05, 3.63) is 75.4 Å². The van der Waals surface area contributed by atoms with Gasteiger partial charge in [0.2, 0.25) is 5.78 Å². The zero-order chi connectivity index (χ0) is 25.3. The third kappa shape index (κ3) is 4.44. The van der Waals surface area contributed by atoms with E-state index in [9.17, 15) is 19.5 Å². The van der Waals surface area contributed by atoms with E-state index in [4.69, 9.17) is 13.9 Å². The van der Waals surface area contributed by atoms with E-state index >= 15 is 0 Å². The molecule has 2 aromatic heterocycles. The number of aliphatic hydroxyl groups excluding tert-OH is 1. The van der Waals surface area contributed by atoms with E-state index in [2.05, 4.69) is 4.98 Å². The Morgan fingerprint density at radius 1 is 1.11 bits per heavy atom. The number of furan rings is 1. The molecule has 0 saturated carbocycles. The minimum Gasteiger partial charge on any atom is -0.503 e. The number of ketones is 1. The van der Waals surface area contributed by atoms with Crippen molar-refractivity contribution in [2.24, 2.45) is 0 Å². The molecule has 35 heavy (non-hydrogen) atoms. The summed E-state index contributed by atoms with van der Waals surface area (Å²) in [5.74, 6) is -1.56. The molecular formula is C25H24N2O7S. The lowest BCUT2D eigenvalue weighted by atomic mass is 9.95. The number of carbonyl (C=O) groups excluding carboxylic acids is 3. The third-order valence-electron chi connectivity index (χ3n) is 5.38. The summed E-state index contributed by atoms with van der Waals surface area (Å²) in [7, 11) is 0. The van der Waals surface area contributed by atoms with Crippen LogP contribution in [-0.4, -0.2) is 41.0 Å². The van der Waals surface area contributed by atoms with Gasteiger partial charge in [0.25, 0.3) is 5.91 Å². The minimum absolute atomic E-state index is 0.00262. The van der Waals surface area contributed by atoms with Crippen LogP contribution in [0.15, 0.2) is 52.1 Å². The fraction of sp³-hybridized carbons (Fsp3) is 0.280. The molecule has 4 rings (SSSR count). The lowest BCUT2D eigenvalue weighted by molar-refractivity contribution is -0.117. The van der Waals surface area contributed by atoms with Gasteiger partial charge >= 0.3 is 5.97 Å². The Morgan fingerprint density at radius 2 is 1.83 bits per heavy atom. The fourth-order valence-electron chi connectivity index (χ4n) is 3.82. The highest BCUT2D eigenvalue weighted by Gasteiger charge is 2.46. The molecule has 1 aromatic carbocycles. The van der Waals surface area contributed by atoms with E-state index < -0.39 is 29.5 Å². The van der Waals surface area contributed by atoms with Gasteiger partial charge < -0.3 is 19.0 Å². The summed E-state index contributed by atoms with van der Waals surface area (Å²) in [6, 6.07) is 8.97. The van der Waals surface area contributed by atoms with Crippen molar-refractivity contribution in [3.8, 4) is 5.75 Å². The van der Waals surface area contributed by atoms with Gasteiger partial charge in [0, 0.05) is 0 Å². The largest absolute Gasteiger partial charge is 0.503 e. The van der Waals surface area contributed by atoms with Crippen molar-refractivity contribution in [1.82, 2.24) is 4.98 Å². The third-order valence-corrected chi connectivity index (χ3v) is 6.51. The van der Waals surface area contributed by atoms with Crippen LogP contribution >= 0.6 is 11.3 Å². The standard InChI is InChI=1S/C25H24N2O7S/c1-5-32-16-10-8-15(9-11-16)19-18(20(28)17-12-7-13(3)34-17)21(29)23(30)27(19)25-26-14(4)22(35-25)24(31)33-6-2/h7-12,19,29H,5-6H2,1-4H3/t19-/m1/s1. The Kier molecular flexibility index (Phi) is 6.74. The number of esters is 1. The molecule has 1 amide bonds. The van der Waals surface area contributed by atoms with Crippen LogP contribution in [0.1, 0.15) is 57.1 Å². The van der Waals surface area contributed by atoms with E-state index in [1.165, 1.54) is 11.0 Å². The summed E-state index contributed by atoms with van der Waals surface area (Å²) in [6.45, 7) is 7.54. The highest BCUT2D eigenvalue weighted by molar-refractivity contribution is 7.17. The molecule has 0 radical (unpaired) electrons. The van der Waals surface area contributed by atoms with Gasteiger partial charge in [-0.05, 0) is 57.5 Å². The molecule has 0 saturated heterocycles. The van der Waals surface area contributed by atoms with Gasteiger partial charge in [0.1, 0.15) is 16.4 Å². The summed E-state index contributed by atoms with van der Waals surface area (Å²) in [5, 5.41) is 11.0. The molecule has 9 nitrogen and oxygen atoms in total. The minimum atomic E-state index is -1.00. The van der Waals surface area contributed by atoms with Gasteiger partial charge in [-0.15, -0.1) is 0 Å². The Hall–Kier alpha value is -3.92. The van der Waals surface area contributed by atoms with Crippen LogP contribution in [0, 0.1) is 13.8 Å². The first-order valence-electron chi connectivity index (χ1n) is 11.0. The molecule has 1 N–H and O–H groups in total. The summed E-state index contributed by atoms with van der Waals surface area (Å²) in [5.41, 5.74) is 0.782. The fourth-order valence-corrected chi connectivity index (χ4v) is 4.81. The maximum Gasteiger partial charge on any atom is 0.350 e. The first-order valence-corrected chi connectivity index (χ1v) is 11.8. The Bertz CT molecular complexity index is 1320. The van der Waals surface area contributed by atoms with Crippen LogP contribution < -0.4 is 9.64 Å². The number of aliphatic hydroxyl groups is 1. The van der Waals surface area contributed by atoms with Crippen LogP contribution in [0.25, 0.3) is 0 Å². The Balaban J connectivity index is 1.83. The lowest BCUT2D eigenvalue weighted by Gasteiger charge is -2.24. The van der Waals surface area contributed by atoms with Crippen LogP contribution in [0.5, 0.6) is 5.75 Å². The van der Waals surface area contributed by atoms with Crippen molar-refractivity contribution in [3.63, 3.8) is 0 Å². The molecule has 0 spiro atoms. The van der Waals surface area contributed by atoms with E-state index in [1.54, 1.807) is 51.1 Å². The van der Waals surface area contributed by atoms with Gasteiger partial charge in [-0.2, -0.15) is 0 Å². The Labute approximate surface area is 205 Å². The van der Waals surface area contributed by atoms with E-state index in [1.807, 2.05) is 6.92 Å². The van der Waals surface area contributed by atoms with Crippen molar-refractivity contribution < 1.29 is 33.4 Å². The van der Waals surface area contributed by atoms with Gasteiger partial charge in [0.05, 0.1) is 30.5 Å². The molecule has 3 heterocycles. The maximum atomic E-state index is 13.4. The SMILES string of the molecule is CCOC(=O)c1sc(N2C(=O)C(O)=C(C(=O)c3ccc(C)o3)[C@H]2c2ccc(OCC)cc2)nc1C. The predicted octanol–water partition coefficient (Wildman–Crippen LogP) is 4.71. The molecule has 0 unspecified atom stereocenters. The van der Waals surface area contributed by atoms with E-state index in [0.717, 1.165) is 11.3 Å². The Morgan fingerprint density at radius 3 is 2.43 bits per heavy atom. The average Bonchev–Trinajstić information content (AvgIpc) is 3.51. The number of hydrogen-bond donors (Lipinski definition) is 1. The van der Waals surface area contributed by atoms with Crippen LogP contribution in [0.4, 0.5) is 5.13 Å². The normalized spacial score (nSPS) is 15.6. The number of anilines is 1. The van der Waals surface area contributed by atoms with Crippen LogP contribution in [-0.2, 0) is 9.53 Å². The number of thiazole rings is 1. The monoisotopic (exact) mass is 496 g/mol. The first-order chi connectivity index (χ1) is 16.8. The van der Waals surface area contributed by atoms with E-state index in [0.29, 0.717) is 29.4 Å². The smallest absolute Gasteiger partial charge is 0.350 e. The second-order valence-corrected chi connectivity index (χ2v) is 8.69. The van der Waals surface area contributed by atoms with Gasteiger partial charge in [0.15, 0.2) is 16.7 Å². The van der Waals surface area contributed by atoms with Gasteiger partial charge in [-0.3, -0.25) is 14.5 Å². The number of nitrogens with zero attached hydrogens (tertiary/aromatic N) is 2. The van der Waals surface area contributed by atoms with Crippen molar-refractivity contribution in [2.75, 3.05) is 18.1 Å². The molecule has 1 atom stereocenters. The second kappa shape index (κ2) is 9.75. The summed E-state index contributed by atoms with van der Waals surface area (Å²) in [4.78, 5) is 44.9. The zero-order valence-electron chi connectivity index (χ0n) is 19.7. The molecule has 182 valence electrons. The lowest BCUT2D eigenvalue weighted by Crippen LogP contribution is -2.31. The number of ether oxygens (including phenoxy) is 2. The second-order valence-electron chi connectivity index (χ2n) is 7.71. The molecule has 3 aromatic rings. The number of benzene rings is 1. The number of amides is 1. The summed E-state index contributed by atoms with van der Waals surface area (Å²) in [6.07, 6.45) is 0. The van der Waals surface area contributed by atoms with Crippen molar-refractivity contribution in [2.45, 2.75) is 33.7 Å². The molecular weight excluding hydrogens is 472 g/mol. The van der Waals surface area contributed by atoms with Gasteiger partial charge in [-0.1, -0.05) is 23.5 Å². The summed E-state index contributed by atoms with van der Waals surface area (Å²) < 4.78 is 16.1. The van der Waals surface area contributed by atoms with Crippen LogP contribution in [0.2, 0.25) is 0 Å². The molecule has 0 aliphatic carbocycles. The quantitative estimate of drug-likeness (QED) is 0.352. The summed E-state index contributed by atoms with van der Waals surface area (Å²) >= 11 is 0.956. The zero-order valence-corrected chi connectivity index (χ0v) is 20.5. The average molecular weight is 497 g/mol. The van der Waals surface area contributed by atoms with Gasteiger partial charge in [-0.25, -0.2) is 9.78 Å². The molecule has 0 bridgehead atoms. The molecule has 1 aliphatic rings. The van der Waals surface area contributed by atoms with Crippen LogP contribution in [0.3, 0.4) is 0 Å². The predicted molar refractivity (Wildman–Crippen MR) is 128 cm³/mol. The molecule has 1 aliphatic heterocycles. The molecule has 10 heteroatoms. The number of aryl methyl sites for hydroxylation is 2. The highest BCUT2D eigenvalue weighted by atomic mass is 32.1. The number of carbonyl (C=O) groups is 3. The number of aromatic nitrogens is 1. The van der Waals surface area contributed by atoms with Crippen molar-refractivity contribution >= 4 is 34.1 Å². The number of Topliss-reactive ketones (excluding diaryl/α,β-unsaturated/α-hetero) is 1. The maximum absolute atomic E-state index is 13.4. The first kappa shape index (κ1) is 24.2.